The number of carbonyl (C=O) groups excluding carboxylic acids is 1. The van der Waals surface area contributed by atoms with E-state index in [1.807, 2.05) is 0 Å². The molecule has 1 aliphatic rings. The molecule has 10 heteroatoms. The van der Waals surface area contributed by atoms with Gasteiger partial charge in [0.2, 0.25) is 10.0 Å². The van der Waals surface area contributed by atoms with Crippen LogP contribution in [0.5, 0.6) is 0 Å². The highest BCUT2D eigenvalue weighted by Crippen LogP contribution is 2.27. The molecule has 3 aromatic carbocycles. The maximum absolute atomic E-state index is 13.1. The molecule has 190 valence electrons. The van der Waals surface area contributed by atoms with Crippen LogP contribution in [0.1, 0.15) is 36.0 Å². The molecule has 8 nitrogen and oxygen atoms in total. The third-order valence-electron chi connectivity index (χ3n) is 6.20. The molecule has 0 atom stereocenters. The summed E-state index contributed by atoms with van der Waals surface area (Å²) in [6.07, 6.45) is 3.75. The normalized spacial score (nSPS) is 15.1. The number of amides is 1. The van der Waals surface area contributed by atoms with Gasteiger partial charge in [-0.1, -0.05) is 43.2 Å². The molecule has 1 N–H and O–H groups in total. The van der Waals surface area contributed by atoms with Crippen molar-refractivity contribution in [2.24, 2.45) is 0 Å². The number of rotatable bonds is 7. The third kappa shape index (κ3) is 5.45. The van der Waals surface area contributed by atoms with Gasteiger partial charge in [-0.2, -0.15) is 4.31 Å². The minimum Gasteiger partial charge on any atom is -0.322 e. The van der Waals surface area contributed by atoms with Gasteiger partial charge in [0.25, 0.3) is 15.9 Å². The summed E-state index contributed by atoms with van der Waals surface area (Å²) in [5, 5.41) is 2.74. The molecule has 1 fully saturated rings. The molecule has 0 radical (unpaired) electrons. The van der Waals surface area contributed by atoms with E-state index in [2.05, 4.69) is 5.32 Å². The predicted octanol–water partition coefficient (Wildman–Crippen LogP) is 4.33. The van der Waals surface area contributed by atoms with Gasteiger partial charge in [-0.05, 0) is 61.4 Å². The maximum Gasteiger partial charge on any atom is 0.264 e. The highest BCUT2D eigenvalue weighted by molar-refractivity contribution is 7.92. The maximum atomic E-state index is 13.1. The van der Waals surface area contributed by atoms with E-state index < -0.39 is 26.0 Å². The average Bonchev–Trinajstić information content (AvgIpc) is 3.19. The van der Waals surface area contributed by atoms with Gasteiger partial charge >= 0.3 is 0 Å². The van der Waals surface area contributed by atoms with Crippen molar-refractivity contribution in [1.29, 1.82) is 0 Å². The zero-order valence-corrected chi connectivity index (χ0v) is 21.6. The number of para-hydroxylation sites is 1. The van der Waals surface area contributed by atoms with Crippen LogP contribution < -0.4 is 9.62 Å². The molecule has 3 aromatic rings. The van der Waals surface area contributed by atoms with Gasteiger partial charge in [0.05, 0.1) is 21.0 Å². The third-order valence-corrected chi connectivity index (χ3v) is 9.90. The van der Waals surface area contributed by atoms with Gasteiger partial charge in [0.15, 0.2) is 0 Å². The van der Waals surface area contributed by atoms with Crippen molar-refractivity contribution >= 4 is 37.3 Å². The lowest BCUT2D eigenvalue weighted by Gasteiger charge is -2.22. The highest BCUT2D eigenvalue weighted by Gasteiger charge is 2.26. The van der Waals surface area contributed by atoms with E-state index in [1.165, 1.54) is 47.8 Å². The summed E-state index contributed by atoms with van der Waals surface area (Å²) in [7, 11) is -6.07. The molecule has 0 spiro atoms. The Labute approximate surface area is 212 Å². The van der Waals surface area contributed by atoms with Crippen LogP contribution in [0.25, 0.3) is 0 Å². The first kappa shape index (κ1) is 25.9. The molecule has 1 amide bonds. The molecule has 1 heterocycles. The molecule has 0 bridgehead atoms. The van der Waals surface area contributed by atoms with Crippen LogP contribution in [0, 0.1) is 0 Å². The first-order chi connectivity index (χ1) is 17.2. The Balaban J connectivity index is 1.54. The molecular weight excluding hydrogens is 498 g/mol. The van der Waals surface area contributed by atoms with Crippen molar-refractivity contribution in [3.05, 3.63) is 84.4 Å². The Bertz CT molecular complexity index is 1420. The lowest BCUT2D eigenvalue weighted by atomic mass is 10.1. The fourth-order valence-corrected chi connectivity index (χ4v) is 6.91. The zero-order chi connectivity index (χ0) is 25.8. The molecule has 0 aliphatic carbocycles. The van der Waals surface area contributed by atoms with Gasteiger partial charge < -0.3 is 5.32 Å². The highest BCUT2D eigenvalue weighted by atomic mass is 32.2. The van der Waals surface area contributed by atoms with Crippen molar-refractivity contribution in [3.8, 4) is 0 Å². The number of carbonyl (C=O) groups is 1. The van der Waals surface area contributed by atoms with Crippen LogP contribution in [0.2, 0.25) is 0 Å². The summed E-state index contributed by atoms with van der Waals surface area (Å²) < 4.78 is 54.8. The summed E-state index contributed by atoms with van der Waals surface area (Å²) in [6.45, 7) is 1.02. The first-order valence-electron chi connectivity index (χ1n) is 11.8. The van der Waals surface area contributed by atoms with Crippen LogP contribution in [0.4, 0.5) is 11.4 Å². The minimum absolute atomic E-state index is 0.115. The van der Waals surface area contributed by atoms with Crippen molar-refractivity contribution < 1.29 is 21.6 Å². The quantitative estimate of drug-likeness (QED) is 0.493. The average molecular weight is 528 g/mol. The van der Waals surface area contributed by atoms with Gasteiger partial charge in [-0.25, -0.2) is 16.8 Å². The fourth-order valence-electron chi connectivity index (χ4n) is 4.16. The number of hydrogen-bond acceptors (Lipinski definition) is 5. The van der Waals surface area contributed by atoms with E-state index in [1.54, 1.807) is 42.5 Å². The Morgan fingerprint density at radius 1 is 0.750 bits per heavy atom. The Morgan fingerprint density at radius 2 is 1.33 bits per heavy atom. The number of sulfonamides is 2. The summed E-state index contributed by atoms with van der Waals surface area (Å²) in [5.74, 6) is -0.510. The van der Waals surface area contributed by atoms with E-state index in [4.69, 9.17) is 0 Å². The fraction of sp³-hybridized carbons (Fsp3) is 0.269. The van der Waals surface area contributed by atoms with Crippen LogP contribution in [-0.2, 0) is 20.0 Å². The first-order valence-corrected chi connectivity index (χ1v) is 14.6. The largest absolute Gasteiger partial charge is 0.322 e. The topological polar surface area (TPSA) is 104 Å². The van der Waals surface area contributed by atoms with Crippen LogP contribution in [-0.4, -0.2) is 47.2 Å². The number of nitrogens with one attached hydrogen (secondary N) is 1. The lowest BCUT2D eigenvalue weighted by molar-refractivity contribution is 0.102. The summed E-state index contributed by atoms with van der Waals surface area (Å²) in [5.41, 5.74) is 0.790. The summed E-state index contributed by atoms with van der Waals surface area (Å²) >= 11 is 0. The monoisotopic (exact) mass is 527 g/mol. The Hall–Kier alpha value is -3.21. The lowest BCUT2D eigenvalue weighted by Crippen LogP contribution is -2.31. The van der Waals surface area contributed by atoms with Crippen LogP contribution in [0.3, 0.4) is 0 Å². The van der Waals surface area contributed by atoms with E-state index in [-0.39, 0.29) is 21.0 Å². The minimum atomic E-state index is -3.87. The molecule has 4 rings (SSSR count). The molecule has 0 saturated carbocycles. The van der Waals surface area contributed by atoms with E-state index in [9.17, 15) is 21.6 Å². The van der Waals surface area contributed by atoms with Crippen molar-refractivity contribution in [3.63, 3.8) is 0 Å². The molecule has 36 heavy (non-hydrogen) atoms. The number of nitrogens with zero attached hydrogens (tertiary/aromatic N) is 2. The number of anilines is 2. The van der Waals surface area contributed by atoms with Crippen molar-refractivity contribution in [2.75, 3.05) is 29.8 Å². The van der Waals surface area contributed by atoms with E-state index >= 15 is 0 Å². The molecule has 0 aromatic heterocycles. The predicted molar refractivity (Wildman–Crippen MR) is 140 cm³/mol. The van der Waals surface area contributed by atoms with Gasteiger partial charge in [0.1, 0.15) is 0 Å². The van der Waals surface area contributed by atoms with Gasteiger partial charge in [-0.3, -0.25) is 9.10 Å². The summed E-state index contributed by atoms with van der Waals surface area (Å²) in [6, 6.07) is 20.4. The number of benzene rings is 3. The SMILES string of the molecule is CN(c1ccccc1C(=O)Nc1ccc(S(=O)(=O)N2CCCCCC2)cc1)S(=O)(=O)c1ccccc1. The van der Waals surface area contributed by atoms with Gasteiger partial charge in [0, 0.05) is 25.8 Å². The summed E-state index contributed by atoms with van der Waals surface area (Å²) in [4.78, 5) is 13.4. The second-order valence-electron chi connectivity index (χ2n) is 8.60. The van der Waals surface area contributed by atoms with E-state index in [0.29, 0.717) is 18.8 Å². The van der Waals surface area contributed by atoms with Crippen LogP contribution >= 0.6 is 0 Å². The Kier molecular flexibility index (Phi) is 7.77. The smallest absolute Gasteiger partial charge is 0.264 e. The second-order valence-corrected chi connectivity index (χ2v) is 12.5. The number of hydrogen-bond donors (Lipinski definition) is 1. The molecule has 1 aliphatic heterocycles. The van der Waals surface area contributed by atoms with E-state index in [0.717, 1.165) is 30.0 Å². The molecule has 1 saturated heterocycles. The molecule has 0 unspecified atom stereocenters. The Morgan fingerprint density at radius 3 is 1.97 bits per heavy atom. The second kappa shape index (κ2) is 10.8. The standard InChI is InChI=1S/C26H29N3O5S2/c1-28(35(31,32)22-11-5-4-6-12-22)25-14-8-7-13-24(25)26(30)27-21-15-17-23(18-16-21)36(33,34)29-19-9-2-3-10-20-29/h4-8,11-18H,2-3,9-10,19-20H2,1H3,(H,27,30). The van der Waals surface area contributed by atoms with Crippen LogP contribution in [0.15, 0.2) is 88.7 Å². The van der Waals surface area contributed by atoms with Gasteiger partial charge in [-0.15, -0.1) is 0 Å². The zero-order valence-electron chi connectivity index (χ0n) is 20.0. The van der Waals surface area contributed by atoms with Crippen molar-refractivity contribution in [1.82, 2.24) is 4.31 Å². The van der Waals surface area contributed by atoms with Crippen molar-refractivity contribution in [2.45, 2.75) is 35.5 Å². The molecular formula is C26H29N3O5S2.